The molecule has 0 aromatic heterocycles. The van der Waals surface area contributed by atoms with Gasteiger partial charge in [-0.15, -0.1) is 0 Å². The Labute approximate surface area is 136 Å². The molecule has 2 heterocycles. The fraction of sp³-hybridized carbons (Fsp3) is 0.562. The molecule has 1 unspecified atom stereocenters. The van der Waals surface area contributed by atoms with Gasteiger partial charge in [0.15, 0.2) is 0 Å². The van der Waals surface area contributed by atoms with Crippen LogP contribution in [-0.2, 0) is 14.8 Å². The third-order valence-corrected chi connectivity index (χ3v) is 6.05. The fourth-order valence-corrected chi connectivity index (χ4v) is 4.30. The summed E-state index contributed by atoms with van der Waals surface area (Å²) in [6.45, 7) is 1.30. The SMILES string of the molecule is CS(=O)(=O)N1CCC(C(=O)N2CCC(O)c3ccccc32)CC1. The normalized spacial score (nSPS) is 23.6. The first kappa shape index (κ1) is 16.4. The summed E-state index contributed by atoms with van der Waals surface area (Å²) >= 11 is 0. The van der Waals surface area contributed by atoms with Crippen LogP contribution < -0.4 is 4.90 Å². The van der Waals surface area contributed by atoms with Gasteiger partial charge in [0.25, 0.3) is 0 Å². The number of aliphatic hydroxyl groups excluding tert-OH is 1. The van der Waals surface area contributed by atoms with Gasteiger partial charge in [-0.3, -0.25) is 4.79 Å². The summed E-state index contributed by atoms with van der Waals surface area (Å²) in [4.78, 5) is 14.6. The zero-order valence-corrected chi connectivity index (χ0v) is 14.0. The Morgan fingerprint density at radius 1 is 1.13 bits per heavy atom. The van der Waals surface area contributed by atoms with E-state index in [4.69, 9.17) is 0 Å². The zero-order chi connectivity index (χ0) is 16.6. The number of carbonyl (C=O) groups is 1. The first-order valence-electron chi connectivity index (χ1n) is 7.91. The molecule has 0 spiro atoms. The van der Waals surface area contributed by atoms with Gasteiger partial charge in [0.05, 0.1) is 12.4 Å². The van der Waals surface area contributed by atoms with Crippen LogP contribution in [-0.4, -0.2) is 49.6 Å². The number of anilines is 1. The predicted octanol–water partition coefficient (Wildman–Crippen LogP) is 1.13. The van der Waals surface area contributed by atoms with Crippen LogP contribution in [0.15, 0.2) is 24.3 Å². The predicted molar refractivity (Wildman–Crippen MR) is 87.5 cm³/mol. The van der Waals surface area contributed by atoms with Gasteiger partial charge in [-0.05, 0) is 25.3 Å². The monoisotopic (exact) mass is 338 g/mol. The molecule has 0 bridgehead atoms. The number of hydrogen-bond acceptors (Lipinski definition) is 4. The lowest BCUT2D eigenvalue weighted by Crippen LogP contribution is -2.45. The number of fused-ring (bicyclic) bond motifs is 1. The molecule has 1 aromatic carbocycles. The van der Waals surface area contributed by atoms with Crippen molar-refractivity contribution in [3.05, 3.63) is 29.8 Å². The van der Waals surface area contributed by atoms with Crippen LogP contribution in [0.25, 0.3) is 0 Å². The summed E-state index contributed by atoms with van der Waals surface area (Å²) in [5, 5.41) is 10.1. The maximum atomic E-state index is 12.9. The maximum absolute atomic E-state index is 12.9. The standard InChI is InChI=1S/C16H22N2O4S/c1-23(21,22)17-9-6-12(7-10-17)16(20)18-11-8-15(19)13-4-2-3-5-14(13)18/h2-5,12,15,19H,6-11H2,1H3. The van der Waals surface area contributed by atoms with Gasteiger partial charge in [-0.2, -0.15) is 0 Å². The molecule has 23 heavy (non-hydrogen) atoms. The Balaban J connectivity index is 1.74. The minimum absolute atomic E-state index is 0.0394. The molecule has 0 radical (unpaired) electrons. The molecule has 126 valence electrons. The smallest absolute Gasteiger partial charge is 0.230 e. The number of amides is 1. The number of aliphatic hydroxyl groups is 1. The minimum atomic E-state index is -3.18. The lowest BCUT2D eigenvalue weighted by atomic mass is 9.93. The lowest BCUT2D eigenvalue weighted by Gasteiger charge is -2.36. The second-order valence-corrected chi connectivity index (χ2v) is 8.27. The van der Waals surface area contributed by atoms with E-state index in [1.165, 1.54) is 10.6 Å². The number of sulfonamides is 1. The average Bonchev–Trinajstić information content (AvgIpc) is 2.54. The highest BCUT2D eigenvalue weighted by atomic mass is 32.2. The first-order chi connectivity index (χ1) is 10.9. The molecule has 6 nitrogen and oxygen atoms in total. The highest BCUT2D eigenvalue weighted by Crippen LogP contribution is 2.35. The van der Waals surface area contributed by atoms with E-state index >= 15 is 0 Å². The van der Waals surface area contributed by atoms with Crippen molar-refractivity contribution >= 4 is 21.6 Å². The summed E-state index contributed by atoms with van der Waals surface area (Å²) in [7, 11) is -3.18. The maximum Gasteiger partial charge on any atom is 0.230 e. The van der Waals surface area contributed by atoms with Crippen LogP contribution in [0.4, 0.5) is 5.69 Å². The van der Waals surface area contributed by atoms with E-state index in [1.54, 1.807) is 4.90 Å². The molecule has 1 aromatic rings. The summed E-state index contributed by atoms with van der Waals surface area (Å²) in [6, 6.07) is 7.44. The number of benzene rings is 1. The molecule has 1 N–H and O–H groups in total. The molecule has 1 fully saturated rings. The second kappa shape index (κ2) is 6.22. The minimum Gasteiger partial charge on any atom is -0.388 e. The molecule has 1 saturated heterocycles. The molecule has 3 rings (SSSR count). The molecular weight excluding hydrogens is 316 g/mol. The van der Waals surface area contributed by atoms with Crippen molar-refractivity contribution < 1.29 is 18.3 Å². The van der Waals surface area contributed by atoms with Crippen LogP contribution in [0.1, 0.15) is 30.9 Å². The third kappa shape index (κ3) is 3.27. The number of para-hydroxylation sites is 1. The van der Waals surface area contributed by atoms with Crippen molar-refractivity contribution in [2.24, 2.45) is 5.92 Å². The van der Waals surface area contributed by atoms with E-state index in [2.05, 4.69) is 0 Å². The summed E-state index contributed by atoms with van der Waals surface area (Å²) in [5.41, 5.74) is 1.57. The Bertz CT molecular complexity index is 696. The van der Waals surface area contributed by atoms with Crippen molar-refractivity contribution in [2.45, 2.75) is 25.4 Å². The number of carbonyl (C=O) groups excluding carboxylic acids is 1. The van der Waals surface area contributed by atoms with Crippen LogP contribution in [0.2, 0.25) is 0 Å². The highest BCUT2D eigenvalue weighted by molar-refractivity contribution is 7.88. The summed E-state index contributed by atoms with van der Waals surface area (Å²) < 4.78 is 24.6. The number of hydrogen-bond donors (Lipinski definition) is 1. The van der Waals surface area contributed by atoms with Crippen molar-refractivity contribution in [3.63, 3.8) is 0 Å². The van der Waals surface area contributed by atoms with Crippen molar-refractivity contribution in [2.75, 3.05) is 30.8 Å². The van der Waals surface area contributed by atoms with Crippen LogP contribution in [0.5, 0.6) is 0 Å². The number of rotatable bonds is 2. The molecule has 0 aliphatic carbocycles. The lowest BCUT2D eigenvalue weighted by molar-refractivity contribution is -0.123. The van der Waals surface area contributed by atoms with Gasteiger partial charge in [0.1, 0.15) is 0 Å². The topological polar surface area (TPSA) is 77.9 Å². The summed E-state index contributed by atoms with van der Waals surface area (Å²) in [6.07, 6.45) is 2.31. The van der Waals surface area contributed by atoms with E-state index in [-0.39, 0.29) is 11.8 Å². The Kier molecular flexibility index (Phi) is 4.44. The fourth-order valence-electron chi connectivity index (χ4n) is 3.43. The number of piperidine rings is 1. The number of nitrogens with zero attached hydrogens (tertiary/aromatic N) is 2. The van der Waals surface area contributed by atoms with E-state index in [1.807, 2.05) is 24.3 Å². The molecule has 0 saturated carbocycles. The molecule has 7 heteroatoms. The van der Waals surface area contributed by atoms with Gasteiger partial charge in [0, 0.05) is 36.8 Å². The highest BCUT2D eigenvalue weighted by Gasteiger charge is 2.34. The van der Waals surface area contributed by atoms with Crippen molar-refractivity contribution in [1.82, 2.24) is 4.31 Å². The zero-order valence-electron chi connectivity index (χ0n) is 13.2. The van der Waals surface area contributed by atoms with E-state index in [0.29, 0.717) is 38.9 Å². The van der Waals surface area contributed by atoms with Crippen LogP contribution in [0, 0.1) is 5.92 Å². The Morgan fingerprint density at radius 3 is 2.43 bits per heavy atom. The van der Waals surface area contributed by atoms with Crippen molar-refractivity contribution in [1.29, 1.82) is 0 Å². The Morgan fingerprint density at radius 2 is 1.78 bits per heavy atom. The quantitative estimate of drug-likeness (QED) is 0.877. The van der Waals surface area contributed by atoms with Gasteiger partial charge in [-0.1, -0.05) is 18.2 Å². The van der Waals surface area contributed by atoms with Crippen molar-refractivity contribution in [3.8, 4) is 0 Å². The molecule has 1 amide bonds. The Hall–Kier alpha value is -1.44. The molecular formula is C16H22N2O4S. The molecule has 2 aliphatic heterocycles. The van der Waals surface area contributed by atoms with E-state index in [9.17, 15) is 18.3 Å². The van der Waals surface area contributed by atoms with E-state index < -0.39 is 16.1 Å². The van der Waals surface area contributed by atoms with Gasteiger partial charge < -0.3 is 10.0 Å². The van der Waals surface area contributed by atoms with Gasteiger partial charge >= 0.3 is 0 Å². The van der Waals surface area contributed by atoms with Crippen LogP contribution >= 0.6 is 0 Å². The molecule has 2 aliphatic rings. The van der Waals surface area contributed by atoms with Gasteiger partial charge in [-0.25, -0.2) is 12.7 Å². The molecule has 1 atom stereocenters. The third-order valence-electron chi connectivity index (χ3n) is 4.75. The van der Waals surface area contributed by atoms with E-state index in [0.717, 1.165) is 11.3 Å². The van der Waals surface area contributed by atoms with Gasteiger partial charge in [0.2, 0.25) is 15.9 Å². The average molecular weight is 338 g/mol. The summed E-state index contributed by atoms with van der Waals surface area (Å²) in [5.74, 6) is -0.117. The van der Waals surface area contributed by atoms with Crippen LogP contribution in [0.3, 0.4) is 0 Å². The largest absolute Gasteiger partial charge is 0.388 e. The first-order valence-corrected chi connectivity index (χ1v) is 9.76. The second-order valence-electron chi connectivity index (χ2n) is 6.29.